The number of rotatable bonds is 7. The molecule has 0 aliphatic carbocycles. The number of ether oxygens (including phenoxy) is 1. The van der Waals surface area contributed by atoms with Crippen molar-refractivity contribution in [3.63, 3.8) is 0 Å². The number of hydrazine groups is 1. The smallest absolute Gasteiger partial charge is 0.276 e. The molecule has 1 saturated heterocycles. The highest BCUT2D eigenvalue weighted by molar-refractivity contribution is 5.81. The average molecular weight is 419 g/mol. The Labute approximate surface area is 180 Å². The Kier molecular flexibility index (Phi) is 6.32. The van der Waals surface area contributed by atoms with Crippen LogP contribution in [-0.4, -0.2) is 48.7 Å². The van der Waals surface area contributed by atoms with Crippen LogP contribution < -0.4 is 31.1 Å². The predicted molar refractivity (Wildman–Crippen MR) is 121 cm³/mol. The van der Waals surface area contributed by atoms with E-state index >= 15 is 0 Å². The van der Waals surface area contributed by atoms with Gasteiger partial charge in [0, 0.05) is 31.9 Å². The van der Waals surface area contributed by atoms with Gasteiger partial charge in [-0.1, -0.05) is 36.4 Å². The van der Waals surface area contributed by atoms with E-state index in [0.29, 0.717) is 23.1 Å². The van der Waals surface area contributed by atoms with Crippen LogP contribution in [0.2, 0.25) is 0 Å². The molecular weight excluding hydrogens is 394 g/mol. The summed E-state index contributed by atoms with van der Waals surface area (Å²) < 4.78 is 5.42. The number of carbonyl (C=O) groups is 1. The molecule has 9 heteroatoms. The lowest BCUT2D eigenvalue weighted by Gasteiger charge is -2.37. The van der Waals surface area contributed by atoms with Gasteiger partial charge in [0.1, 0.15) is 17.8 Å². The number of carbonyl (C=O) groups excluding carboxylic acids is 1. The first-order valence-electron chi connectivity index (χ1n) is 10.1. The summed E-state index contributed by atoms with van der Waals surface area (Å²) in [5, 5.41) is 0. The number of hydrogen-bond acceptors (Lipinski definition) is 8. The number of aromatic nitrogens is 2. The zero-order valence-corrected chi connectivity index (χ0v) is 17.1. The number of benzene rings is 2. The second-order valence-corrected chi connectivity index (χ2v) is 7.04. The predicted octanol–water partition coefficient (Wildman–Crippen LogP) is 1.91. The third-order valence-corrected chi connectivity index (χ3v) is 5.00. The quantitative estimate of drug-likeness (QED) is 0.499. The fourth-order valence-electron chi connectivity index (χ4n) is 3.38. The molecule has 0 spiro atoms. The molecule has 1 aliphatic heterocycles. The van der Waals surface area contributed by atoms with Crippen LogP contribution in [0, 0.1) is 0 Å². The number of amides is 1. The van der Waals surface area contributed by atoms with Crippen molar-refractivity contribution >= 4 is 28.9 Å². The van der Waals surface area contributed by atoms with Gasteiger partial charge in [0.25, 0.3) is 5.91 Å². The van der Waals surface area contributed by atoms with Crippen LogP contribution in [0.4, 0.5) is 23.0 Å². The van der Waals surface area contributed by atoms with Crippen molar-refractivity contribution in [1.82, 2.24) is 15.4 Å². The van der Waals surface area contributed by atoms with Crippen molar-refractivity contribution in [3.8, 4) is 5.75 Å². The monoisotopic (exact) mass is 419 g/mol. The molecule has 3 aromatic rings. The van der Waals surface area contributed by atoms with Crippen LogP contribution in [0.3, 0.4) is 0 Å². The number of hydrogen-bond donors (Lipinski definition) is 3. The SMILES string of the molecule is Nc1c(NNC(=O)COc2ccccc2)ncnc1N1CCN(c2ccccc2)CC1. The van der Waals surface area contributed by atoms with Gasteiger partial charge in [-0.3, -0.25) is 15.6 Å². The van der Waals surface area contributed by atoms with Crippen molar-refractivity contribution in [2.45, 2.75) is 0 Å². The lowest BCUT2D eigenvalue weighted by Crippen LogP contribution is -2.47. The Balaban J connectivity index is 1.31. The number of para-hydroxylation sites is 2. The van der Waals surface area contributed by atoms with E-state index in [1.165, 1.54) is 12.0 Å². The Hall–Kier alpha value is -4.01. The maximum absolute atomic E-state index is 12.1. The largest absolute Gasteiger partial charge is 0.484 e. The molecule has 9 nitrogen and oxygen atoms in total. The second-order valence-electron chi connectivity index (χ2n) is 7.04. The van der Waals surface area contributed by atoms with Crippen molar-refractivity contribution in [3.05, 3.63) is 67.0 Å². The second kappa shape index (κ2) is 9.66. The molecule has 0 unspecified atom stereocenters. The first-order chi connectivity index (χ1) is 15.2. The average Bonchev–Trinajstić information content (AvgIpc) is 2.83. The lowest BCUT2D eigenvalue weighted by atomic mass is 10.2. The molecule has 2 aromatic carbocycles. The highest BCUT2D eigenvalue weighted by atomic mass is 16.5. The summed E-state index contributed by atoms with van der Waals surface area (Å²) in [4.78, 5) is 25.0. The van der Waals surface area contributed by atoms with Gasteiger partial charge >= 0.3 is 0 Å². The van der Waals surface area contributed by atoms with Crippen molar-refractivity contribution in [2.24, 2.45) is 0 Å². The van der Waals surface area contributed by atoms with Gasteiger partial charge in [0.2, 0.25) is 0 Å². The molecule has 0 radical (unpaired) electrons. The molecule has 0 saturated carbocycles. The summed E-state index contributed by atoms with van der Waals surface area (Å²) in [6.07, 6.45) is 1.43. The van der Waals surface area contributed by atoms with Gasteiger partial charge in [0.05, 0.1) is 0 Å². The zero-order valence-electron chi connectivity index (χ0n) is 17.1. The summed E-state index contributed by atoms with van der Waals surface area (Å²) in [6.45, 7) is 3.17. The molecule has 0 bridgehead atoms. The van der Waals surface area contributed by atoms with Gasteiger partial charge in [-0.2, -0.15) is 0 Å². The molecule has 160 valence electrons. The van der Waals surface area contributed by atoms with E-state index in [1.807, 2.05) is 36.4 Å². The van der Waals surface area contributed by atoms with Crippen LogP contribution in [0.25, 0.3) is 0 Å². The molecule has 0 atom stereocenters. The third kappa shape index (κ3) is 5.13. The number of nitrogens with one attached hydrogen (secondary N) is 2. The van der Waals surface area contributed by atoms with Crippen molar-refractivity contribution in [1.29, 1.82) is 0 Å². The Morgan fingerprint density at radius 1 is 0.935 bits per heavy atom. The highest BCUT2D eigenvalue weighted by Gasteiger charge is 2.21. The number of nitrogens with two attached hydrogens (primary N) is 1. The number of nitrogen functional groups attached to an aromatic ring is 1. The topological polar surface area (TPSA) is 109 Å². The summed E-state index contributed by atoms with van der Waals surface area (Å²) in [5.41, 5.74) is 13.2. The van der Waals surface area contributed by atoms with Crippen LogP contribution in [0.1, 0.15) is 0 Å². The van der Waals surface area contributed by atoms with Crippen molar-refractivity contribution in [2.75, 3.05) is 53.7 Å². The molecule has 1 fully saturated rings. The van der Waals surface area contributed by atoms with E-state index in [2.05, 4.69) is 42.8 Å². The maximum Gasteiger partial charge on any atom is 0.276 e. The van der Waals surface area contributed by atoms with Gasteiger partial charge in [0.15, 0.2) is 18.2 Å². The first-order valence-corrected chi connectivity index (χ1v) is 10.1. The lowest BCUT2D eigenvalue weighted by molar-refractivity contribution is -0.122. The minimum absolute atomic E-state index is 0.129. The molecule has 4 N–H and O–H groups in total. The van der Waals surface area contributed by atoms with Crippen LogP contribution in [-0.2, 0) is 4.79 Å². The van der Waals surface area contributed by atoms with Crippen LogP contribution in [0.5, 0.6) is 5.75 Å². The molecule has 1 aromatic heterocycles. The fourth-order valence-corrected chi connectivity index (χ4v) is 3.38. The molecule has 2 heterocycles. The molecule has 1 aliphatic rings. The number of nitrogens with zero attached hydrogens (tertiary/aromatic N) is 4. The highest BCUT2D eigenvalue weighted by Crippen LogP contribution is 2.27. The minimum atomic E-state index is -0.347. The van der Waals surface area contributed by atoms with E-state index in [1.54, 1.807) is 12.1 Å². The molecule has 1 amide bonds. The van der Waals surface area contributed by atoms with Crippen molar-refractivity contribution < 1.29 is 9.53 Å². The van der Waals surface area contributed by atoms with Gasteiger partial charge < -0.3 is 20.3 Å². The number of anilines is 4. The Morgan fingerprint density at radius 2 is 1.58 bits per heavy atom. The Morgan fingerprint density at radius 3 is 2.29 bits per heavy atom. The van der Waals surface area contributed by atoms with Gasteiger partial charge in [-0.25, -0.2) is 9.97 Å². The van der Waals surface area contributed by atoms with E-state index < -0.39 is 0 Å². The summed E-state index contributed by atoms with van der Waals surface area (Å²) >= 11 is 0. The summed E-state index contributed by atoms with van der Waals surface area (Å²) in [5.74, 6) is 1.28. The zero-order chi connectivity index (χ0) is 21.5. The van der Waals surface area contributed by atoms with Crippen LogP contribution >= 0.6 is 0 Å². The van der Waals surface area contributed by atoms with Gasteiger partial charge in [-0.15, -0.1) is 0 Å². The normalized spacial score (nSPS) is 13.5. The van der Waals surface area contributed by atoms with E-state index in [0.717, 1.165) is 26.2 Å². The summed E-state index contributed by atoms with van der Waals surface area (Å²) in [6, 6.07) is 19.5. The molecule has 4 rings (SSSR count). The maximum atomic E-state index is 12.1. The third-order valence-electron chi connectivity index (χ3n) is 5.00. The first kappa shape index (κ1) is 20.3. The van der Waals surface area contributed by atoms with Gasteiger partial charge in [-0.05, 0) is 24.3 Å². The standard InChI is InChI=1S/C22H25N7O2/c23-20-21(27-26-19(30)15-31-18-9-5-2-6-10-18)24-16-25-22(20)29-13-11-28(12-14-29)17-7-3-1-4-8-17/h1-10,16H,11-15,23H2,(H,26,30)(H,24,25,27). The van der Waals surface area contributed by atoms with Crippen LogP contribution in [0.15, 0.2) is 67.0 Å². The molecular formula is C22H25N7O2. The fraction of sp³-hybridized carbons (Fsp3) is 0.227. The Bertz CT molecular complexity index is 993. The van der Waals surface area contributed by atoms with E-state index in [-0.39, 0.29) is 12.5 Å². The number of piperazine rings is 1. The minimum Gasteiger partial charge on any atom is -0.484 e. The van der Waals surface area contributed by atoms with E-state index in [9.17, 15) is 4.79 Å². The van der Waals surface area contributed by atoms with E-state index in [4.69, 9.17) is 10.5 Å². The molecule has 31 heavy (non-hydrogen) atoms. The summed E-state index contributed by atoms with van der Waals surface area (Å²) in [7, 11) is 0.